The Hall–Kier alpha value is -6.57. The molecule has 6 rings (SSSR count). The first-order valence-corrected chi connectivity index (χ1v) is 36.1. The first-order chi connectivity index (χ1) is 45.2. The fourth-order valence-electron chi connectivity index (χ4n) is 11.0. The third-order valence-corrected chi connectivity index (χ3v) is 17.1. The van der Waals surface area contributed by atoms with Crippen molar-refractivity contribution in [1.29, 1.82) is 0 Å². The molecule has 0 aliphatic heterocycles. The van der Waals surface area contributed by atoms with Gasteiger partial charge in [0, 0.05) is 6.61 Å². The van der Waals surface area contributed by atoms with Crippen LogP contribution in [0.2, 0.25) is 0 Å². The van der Waals surface area contributed by atoms with Crippen molar-refractivity contribution in [1.82, 2.24) is 0 Å². The molecule has 0 fully saturated rings. The molecule has 0 bridgehead atoms. The van der Waals surface area contributed by atoms with Gasteiger partial charge in [0.25, 0.3) is 0 Å². The summed E-state index contributed by atoms with van der Waals surface area (Å²) in [7, 11) is 0. The van der Waals surface area contributed by atoms with E-state index >= 15 is 0 Å². The van der Waals surface area contributed by atoms with Gasteiger partial charge in [-0.25, -0.2) is 9.69 Å². The van der Waals surface area contributed by atoms with Crippen LogP contribution in [0.3, 0.4) is 0 Å². The van der Waals surface area contributed by atoms with E-state index in [1.165, 1.54) is 132 Å². The van der Waals surface area contributed by atoms with Crippen molar-refractivity contribution in [3.63, 3.8) is 0 Å². The average Bonchev–Trinajstić information content (AvgIpc) is 0.987. The number of hydrogen-bond acceptors (Lipinski definition) is 6. The molecular weight excluding hydrogens is 1180 g/mol. The quantitative estimate of drug-likeness (QED) is 0.0239. The highest BCUT2D eigenvalue weighted by molar-refractivity contribution is 6.67. The average molecular weight is 1310 g/mol. The largest absolute Gasteiger partial charge is 0.449 e. The van der Waals surface area contributed by atoms with Crippen LogP contribution in [0, 0.1) is 53.3 Å². The Kier molecular flexibility index (Phi) is 50.6. The van der Waals surface area contributed by atoms with Crippen LogP contribution in [0.25, 0.3) is 0 Å². The number of para-hydroxylation sites is 4. The van der Waals surface area contributed by atoms with E-state index in [0.29, 0.717) is 31.0 Å². The zero-order chi connectivity index (χ0) is 69.6. The van der Waals surface area contributed by atoms with Crippen LogP contribution < -0.4 is 9.80 Å². The summed E-state index contributed by atoms with van der Waals surface area (Å²) >= 11 is 5.60. The number of carbonyl (C=O) groups is 2. The maximum Gasteiger partial charge on any atom is 0.418 e. The summed E-state index contributed by atoms with van der Waals surface area (Å²) in [6.45, 7) is 32.4. The molecule has 0 saturated heterocycles. The standard InChI is InChI=1S/C28H41NO2.C15H32O.C15H30.C13H10ClNO.C13H12.CO2/c1-23(2)13-11-14-24(3)15-12-16-25(4)21-22-31-28(30)29(26-17-7-5-8-18-26)27-19-9-6-10-20-27;1-13(2)7-5-8-14(3)9-6-10-15(4)11-12-16;1-6-14(4)10-8-12-15(5)11-7-9-13(2)3;14-13(16)15(11-7-3-1-4-8-11)12-9-5-2-6-10-12;1-3-7-12(8-4-1)11-13-9-5-2-6-10-13;2-1-3/h5-10,17-20,23-25H,11-16,21-22H2,1-4H3;13-16H,5-12H2,1-4H3;6,13-15H,1,7-12H2,2-5H3;1-10H;1-10H,11H2;. The summed E-state index contributed by atoms with van der Waals surface area (Å²) in [5.41, 5.74) is 5.89. The number of amides is 2. The number of hydrogen-bond donors (Lipinski definition) is 1. The molecule has 2 amide bonds. The van der Waals surface area contributed by atoms with Gasteiger partial charge in [-0.3, -0.25) is 9.69 Å². The first kappa shape index (κ1) is 85.4. The number of ether oxygens (including phenoxy) is 1. The van der Waals surface area contributed by atoms with Crippen molar-refractivity contribution in [3.05, 3.63) is 206 Å². The highest BCUT2D eigenvalue weighted by Gasteiger charge is 2.20. The third-order valence-electron chi connectivity index (χ3n) is 16.9. The van der Waals surface area contributed by atoms with E-state index in [1.54, 1.807) is 4.90 Å². The molecule has 6 unspecified atom stereocenters. The van der Waals surface area contributed by atoms with E-state index < -0.39 is 5.37 Å². The number of allylic oxidation sites excluding steroid dienone is 1. The molecular formula is C85H125ClN2O6. The lowest BCUT2D eigenvalue weighted by atomic mass is 9.93. The van der Waals surface area contributed by atoms with Gasteiger partial charge in [-0.1, -0.05) is 332 Å². The monoisotopic (exact) mass is 1300 g/mol. The molecule has 1 N–H and O–H groups in total. The normalized spacial score (nSPS) is 12.5. The van der Waals surface area contributed by atoms with E-state index in [1.807, 2.05) is 121 Å². The number of carbonyl (C=O) groups excluding carboxylic acids is 4. The lowest BCUT2D eigenvalue weighted by Crippen LogP contribution is -2.27. The second kappa shape index (κ2) is 55.7. The van der Waals surface area contributed by atoms with Gasteiger partial charge in [0.2, 0.25) is 0 Å². The lowest BCUT2D eigenvalue weighted by molar-refractivity contribution is -0.191. The number of anilines is 4. The minimum absolute atomic E-state index is 0.250. The second-order valence-corrected chi connectivity index (χ2v) is 27.7. The summed E-state index contributed by atoms with van der Waals surface area (Å²) < 4.78 is 5.67. The fraction of sp³-hybridized carbons (Fsp3) is 0.518. The highest BCUT2D eigenvalue weighted by Crippen LogP contribution is 2.29. The molecule has 518 valence electrons. The van der Waals surface area contributed by atoms with E-state index in [-0.39, 0.29) is 12.2 Å². The van der Waals surface area contributed by atoms with Gasteiger partial charge in [0.1, 0.15) is 0 Å². The summed E-state index contributed by atoms with van der Waals surface area (Å²) in [6.07, 6.45) is 29.2. The van der Waals surface area contributed by atoms with Crippen molar-refractivity contribution in [2.75, 3.05) is 23.0 Å². The van der Waals surface area contributed by atoms with Gasteiger partial charge in [-0.15, -0.1) is 6.58 Å². The molecule has 0 saturated carbocycles. The summed E-state index contributed by atoms with van der Waals surface area (Å²) in [4.78, 5) is 43.7. The maximum absolute atomic E-state index is 12.9. The highest BCUT2D eigenvalue weighted by atomic mass is 35.5. The number of halogens is 1. The Morgan fingerprint density at radius 1 is 0.404 bits per heavy atom. The molecule has 0 radical (unpaired) electrons. The van der Waals surface area contributed by atoms with Crippen molar-refractivity contribution in [2.45, 2.75) is 218 Å². The van der Waals surface area contributed by atoms with Crippen LogP contribution in [-0.4, -0.2) is 35.9 Å². The molecule has 0 heterocycles. The van der Waals surface area contributed by atoms with E-state index in [9.17, 15) is 9.59 Å². The molecule has 6 aromatic carbocycles. The summed E-state index contributed by atoms with van der Waals surface area (Å²) in [6, 6.07) is 59.0. The SMILES string of the molecule is C=CC(C)CCCC(C)CCCC(C)C.CC(C)CCCC(C)CCCC(C)CCO.CC(C)CCCC(C)CCCC(C)CCOC(=O)N(c1ccccc1)c1ccccc1.O=C(Cl)N(c1ccccc1)c1ccccc1.O=C=O.c1ccc(Cc2ccccc2)cc1. The Morgan fingerprint density at radius 2 is 0.660 bits per heavy atom. The Balaban J connectivity index is 0.000000606. The zero-order valence-corrected chi connectivity index (χ0v) is 61.1. The van der Waals surface area contributed by atoms with Gasteiger partial charge in [0.05, 0.1) is 29.4 Å². The van der Waals surface area contributed by atoms with Gasteiger partial charge < -0.3 is 9.84 Å². The minimum atomic E-state index is -0.516. The number of aliphatic hydroxyl groups is 1. The van der Waals surface area contributed by atoms with Crippen molar-refractivity contribution >= 4 is 52.0 Å². The smallest absolute Gasteiger partial charge is 0.418 e. The lowest BCUT2D eigenvalue weighted by Gasteiger charge is -2.23. The van der Waals surface area contributed by atoms with Gasteiger partial charge in [0.15, 0.2) is 0 Å². The van der Waals surface area contributed by atoms with Crippen molar-refractivity contribution < 1.29 is 29.0 Å². The molecule has 8 nitrogen and oxygen atoms in total. The van der Waals surface area contributed by atoms with Gasteiger partial charge >= 0.3 is 17.6 Å². The molecule has 94 heavy (non-hydrogen) atoms. The maximum atomic E-state index is 12.9. The first-order valence-electron chi connectivity index (χ1n) is 35.7. The Bertz CT molecular complexity index is 2630. The summed E-state index contributed by atoms with van der Waals surface area (Å²) in [5, 5.41) is 8.30. The van der Waals surface area contributed by atoms with E-state index in [2.05, 4.69) is 156 Å². The molecule has 9 heteroatoms. The van der Waals surface area contributed by atoms with Gasteiger partial charge in [-0.2, -0.15) is 9.59 Å². The van der Waals surface area contributed by atoms with E-state index in [4.69, 9.17) is 31.0 Å². The van der Waals surface area contributed by atoms with Crippen LogP contribution in [0.4, 0.5) is 32.3 Å². The second-order valence-electron chi connectivity index (χ2n) is 27.4. The van der Waals surface area contributed by atoms with Crippen LogP contribution in [-0.2, 0) is 20.7 Å². The summed E-state index contributed by atoms with van der Waals surface area (Å²) in [5.74, 6) is 7.14. The molecule has 0 aliphatic carbocycles. The zero-order valence-electron chi connectivity index (χ0n) is 60.3. The predicted molar refractivity (Wildman–Crippen MR) is 402 cm³/mol. The number of benzene rings is 6. The van der Waals surface area contributed by atoms with Crippen LogP contribution in [0.15, 0.2) is 195 Å². The molecule has 0 spiro atoms. The Labute approximate surface area is 577 Å². The van der Waals surface area contributed by atoms with Crippen LogP contribution in [0.1, 0.15) is 223 Å². The topological polar surface area (TPSA) is 104 Å². The number of rotatable bonds is 36. The minimum Gasteiger partial charge on any atom is -0.449 e. The van der Waals surface area contributed by atoms with Crippen LogP contribution >= 0.6 is 11.6 Å². The third kappa shape index (κ3) is 44.9. The van der Waals surface area contributed by atoms with Crippen LogP contribution in [0.5, 0.6) is 0 Å². The molecule has 0 aromatic heterocycles. The van der Waals surface area contributed by atoms with E-state index in [0.717, 1.165) is 77.5 Å². The van der Waals surface area contributed by atoms with Gasteiger partial charge in [-0.05, 0) is 150 Å². The van der Waals surface area contributed by atoms with Crippen molar-refractivity contribution in [3.8, 4) is 0 Å². The number of nitrogens with zero attached hydrogens (tertiary/aromatic N) is 2. The molecule has 6 atom stereocenters. The predicted octanol–water partition coefficient (Wildman–Crippen LogP) is 25.6. The fourth-order valence-corrected chi connectivity index (χ4v) is 11.2. The Morgan fingerprint density at radius 3 is 0.936 bits per heavy atom. The van der Waals surface area contributed by atoms with Crippen molar-refractivity contribution in [2.24, 2.45) is 53.3 Å². The number of aliphatic hydroxyl groups excluding tert-OH is 1. The molecule has 6 aromatic rings. The molecule has 0 aliphatic rings.